The van der Waals surface area contributed by atoms with Gasteiger partial charge in [0, 0.05) is 5.57 Å². The lowest BCUT2D eigenvalue weighted by atomic mass is 10.0. The van der Waals surface area contributed by atoms with E-state index in [-0.39, 0.29) is 19.8 Å². The number of carbonyl (C=O) groups excluding carboxylic acids is 2. The van der Waals surface area contributed by atoms with E-state index in [0.29, 0.717) is 24.8 Å². The summed E-state index contributed by atoms with van der Waals surface area (Å²) in [4.78, 5) is 22.8. The molecule has 0 saturated heterocycles. The van der Waals surface area contributed by atoms with Crippen LogP contribution >= 0.6 is 0 Å². The van der Waals surface area contributed by atoms with Crippen molar-refractivity contribution in [2.75, 3.05) is 13.2 Å². The number of aliphatic hydroxyl groups is 2. The molecule has 1 amide bonds. The van der Waals surface area contributed by atoms with Crippen molar-refractivity contribution in [1.82, 2.24) is 5.32 Å². The highest BCUT2D eigenvalue weighted by Crippen LogP contribution is 2.11. The minimum absolute atomic E-state index is 0.0520. The van der Waals surface area contributed by atoms with Crippen molar-refractivity contribution < 1.29 is 29.3 Å². The van der Waals surface area contributed by atoms with Crippen LogP contribution in [-0.4, -0.2) is 47.6 Å². The van der Waals surface area contributed by atoms with Gasteiger partial charge in [-0.15, -0.1) is 0 Å². The highest BCUT2D eigenvalue weighted by atomic mass is 16.6. The largest absolute Gasteiger partial charge is 0.460 e. The van der Waals surface area contributed by atoms with Gasteiger partial charge in [0.2, 0.25) is 0 Å². The summed E-state index contributed by atoms with van der Waals surface area (Å²) >= 11 is 0. The van der Waals surface area contributed by atoms with Gasteiger partial charge in [-0.2, -0.15) is 0 Å². The summed E-state index contributed by atoms with van der Waals surface area (Å²) in [5, 5.41) is 21.5. The van der Waals surface area contributed by atoms with Crippen LogP contribution in [0.4, 0.5) is 4.79 Å². The van der Waals surface area contributed by atoms with Crippen molar-refractivity contribution in [3.8, 4) is 0 Å². The lowest BCUT2D eigenvalue weighted by Crippen LogP contribution is -2.28. The fourth-order valence-corrected chi connectivity index (χ4v) is 2.27. The Balaban J connectivity index is 2.24. The Hall–Kier alpha value is -2.38. The van der Waals surface area contributed by atoms with Crippen LogP contribution in [0.25, 0.3) is 0 Å². The highest BCUT2D eigenvalue weighted by molar-refractivity contribution is 5.86. The Morgan fingerprint density at radius 3 is 2.37 bits per heavy atom. The number of aliphatic hydroxyl groups excluding tert-OH is 2. The number of esters is 1. The smallest absolute Gasteiger partial charge is 0.407 e. The molecule has 27 heavy (non-hydrogen) atoms. The highest BCUT2D eigenvalue weighted by Gasteiger charge is 2.09. The molecule has 150 valence electrons. The van der Waals surface area contributed by atoms with E-state index in [9.17, 15) is 19.8 Å². The Labute approximate surface area is 160 Å². The van der Waals surface area contributed by atoms with E-state index in [4.69, 9.17) is 9.47 Å². The van der Waals surface area contributed by atoms with Crippen LogP contribution in [0.5, 0.6) is 0 Å². The third-order valence-corrected chi connectivity index (χ3v) is 3.73. The Kier molecular flexibility index (Phi) is 10.1. The number of alkyl carbamates (subject to hydrolysis) is 1. The van der Waals surface area contributed by atoms with E-state index in [1.165, 1.54) is 0 Å². The molecule has 0 radical (unpaired) electrons. The van der Waals surface area contributed by atoms with Crippen LogP contribution in [0.2, 0.25) is 0 Å². The van der Waals surface area contributed by atoms with Gasteiger partial charge >= 0.3 is 12.1 Å². The van der Waals surface area contributed by atoms with Gasteiger partial charge in [0.15, 0.2) is 0 Å². The fraction of sp³-hybridized carbons (Fsp3) is 0.500. The summed E-state index contributed by atoms with van der Waals surface area (Å²) in [5.41, 5.74) is 2.21. The Bertz CT molecular complexity index is 611. The zero-order chi connectivity index (χ0) is 20.2. The standard InChI is InChI=1S/C20H29NO6/c1-14(2)19(24)26-11-10-21-20(25)27-13-17-6-4-16(5-7-17)8-9-18(23)12-15(3)22/h4-7,15,18,22-23H,1,8-13H2,2-3H3,(H,21,25). The molecule has 0 bridgehead atoms. The summed E-state index contributed by atoms with van der Waals surface area (Å²) < 4.78 is 9.94. The third-order valence-electron chi connectivity index (χ3n) is 3.73. The third kappa shape index (κ3) is 10.4. The summed E-state index contributed by atoms with van der Waals surface area (Å²) in [6.45, 7) is 7.00. The molecule has 0 aromatic heterocycles. The minimum Gasteiger partial charge on any atom is -0.460 e. The van der Waals surface area contributed by atoms with Crippen LogP contribution in [0.15, 0.2) is 36.4 Å². The lowest BCUT2D eigenvalue weighted by molar-refractivity contribution is -0.138. The second-order valence-corrected chi connectivity index (χ2v) is 6.51. The number of ether oxygens (including phenoxy) is 2. The number of carbonyl (C=O) groups is 2. The first-order valence-corrected chi connectivity index (χ1v) is 8.95. The number of benzene rings is 1. The number of rotatable bonds is 11. The van der Waals surface area contributed by atoms with E-state index in [1.807, 2.05) is 24.3 Å². The van der Waals surface area contributed by atoms with Gasteiger partial charge in [0.1, 0.15) is 13.2 Å². The van der Waals surface area contributed by atoms with Crippen LogP contribution in [-0.2, 0) is 27.3 Å². The molecule has 2 atom stereocenters. The molecule has 1 rings (SSSR count). The van der Waals surface area contributed by atoms with Crippen molar-refractivity contribution >= 4 is 12.1 Å². The molecular weight excluding hydrogens is 350 g/mol. The van der Waals surface area contributed by atoms with E-state index in [0.717, 1.165) is 11.1 Å². The number of hydrogen-bond acceptors (Lipinski definition) is 6. The summed E-state index contributed by atoms with van der Waals surface area (Å²) in [6.07, 6.45) is 0.0344. The number of hydrogen-bond donors (Lipinski definition) is 3. The maximum atomic E-state index is 11.6. The molecule has 0 heterocycles. The van der Waals surface area contributed by atoms with Gasteiger partial charge in [-0.05, 0) is 44.2 Å². The molecule has 0 aliphatic heterocycles. The maximum Gasteiger partial charge on any atom is 0.407 e. The van der Waals surface area contributed by atoms with Gasteiger partial charge in [0.25, 0.3) is 0 Å². The van der Waals surface area contributed by atoms with Crippen molar-refractivity contribution in [2.24, 2.45) is 0 Å². The van der Waals surface area contributed by atoms with E-state index < -0.39 is 24.3 Å². The van der Waals surface area contributed by atoms with Gasteiger partial charge in [0.05, 0.1) is 18.8 Å². The van der Waals surface area contributed by atoms with Crippen molar-refractivity contribution in [3.05, 3.63) is 47.5 Å². The first-order valence-electron chi connectivity index (χ1n) is 8.95. The summed E-state index contributed by atoms with van der Waals surface area (Å²) in [7, 11) is 0. The van der Waals surface area contributed by atoms with Gasteiger partial charge in [-0.3, -0.25) is 0 Å². The lowest BCUT2D eigenvalue weighted by Gasteiger charge is -2.12. The molecule has 7 heteroatoms. The van der Waals surface area contributed by atoms with Gasteiger partial charge in [-0.25, -0.2) is 9.59 Å². The van der Waals surface area contributed by atoms with Gasteiger partial charge < -0.3 is 25.0 Å². The zero-order valence-corrected chi connectivity index (χ0v) is 15.9. The minimum atomic E-state index is -0.591. The predicted molar refractivity (Wildman–Crippen MR) is 101 cm³/mol. The normalized spacial score (nSPS) is 12.7. The van der Waals surface area contributed by atoms with Crippen LogP contribution < -0.4 is 5.32 Å². The summed E-state index contributed by atoms with van der Waals surface area (Å²) in [5.74, 6) is -0.497. The number of amides is 1. The molecular formula is C20H29NO6. The molecule has 0 aliphatic carbocycles. The summed E-state index contributed by atoms with van der Waals surface area (Å²) in [6, 6.07) is 7.56. The molecule has 3 N–H and O–H groups in total. The van der Waals surface area contributed by atoms with Crippen molar-refractivity contribution in [2.45, 2.75) is 51.9 Å². The first-order chi connectivity index (χ1) is 12.8. The molecule has 1 aromatic rings. The Morgan fingerprint density at radius 2 is 1.78 bits per heavy atom. The van der Waals surface area contributed by atoms with Gasteiger partial charge in [-0.1, -0.05) is 30.8 Å². The topological polar surface area (TPSA) is 105 Å². The number of aryl methyl sites for hydroxylation is 1. The molecule has 7 nitrogen and oxygen atoms in total. The molecule has 0 saturated carbocycles. The maximum absolute atomic E-state index is 11.6. The molecule has 0 aliphatic rings. The predicted octanol–water partition coefficient (Wildman–Crippen LogP) is 2.10. The average molecular weight is 379 g/mol. The average Bonchev–Trinajstić information content (AvgIpc) is 2.61. The molecule has 0 spiro atoms. The van der Waals surface area contributed by atoms with Crippen molar-refractivity contribution in [1.29, 1.82) is 0 Å². The number of nitrogens with one attached hydrogen (secondary N) is 1. The van der Waals surface area contributed by atoms with Crippen LogP contribution in [0.1, 0.15) is 37.8 Å². The van der Waals surface area contributed by atoms with Crippen molar-refractivity contribution in [3.63, 3.8) is 0 Å². The monoisotopic (exact) mass is 379 g/mol. The zero-order valence-electron chi connectivity index (χ0n) is 15.9. The van der Waals surface area contributed by atoms with Crippen LogP contribution in [0, 0.1) is 0 Å². The SMILES string of the molecule is C=C(C)C(=O)OCCNC(=O)OCc1ccc(CCC(O)CC(C)O)cc1. The molecule has 1 aromatic carbocycles. The Morgan fingerprint density at radius 1 is 1.15 bits per heavy atom. The second kappa shape index (κ2) is 12.1. The van der Waals surface area contributed by atoms with E-state index >= 15 is 0 Å². The fourth-order valence-electron chi connectivity index (χ4n) is 2.27. The first kappa shape index (κ1) is 22.7. The van der Waals surface area contributed by atoms with Crippen LogP contribution in [0.3, 0.4) is 0 Å². The quantitative estimate of drug-likeness (QED) is 0.309. The molecule has 0 fully saturated rings. The van der Waals surface area contributed by atoms with E-state index in [2.05, 4.69) is 11.9 Å². The molecule has 2 unspecified atom stereocenters. The van der Waals surface area contributed by atoms with E-state index in [1.54, 1.807) is 13.8 Å². The second-order valence-electron chi connectivity index (χ2n) is 6.51.